The molecule has 1 unspecified atom stereocenters. The van der Waals surface area contributed by atoms with Gasteiger partial charge in [0.1, 0.15) is 23.0 Å². The molecular weight excluding hydrogens is 323 g/mol. The quantitative estimate of drug-likeness (QED) is 0.816. The summed E-state index contributed by atoms with van der Waals surface area (Å²) < 4.78 is 39.6. The highest BCUT2D eigenvalue weighted by Gasteiger charge is 2.21. The number of rotatable bonds is 5. The molecule has 0 bridgehead atoms. The van der Waals surface area contributed by atoms with Gasteiger partial charge in [-0.05, 0) is 12.3 Å². The summed E-state index contributed by atoms with van der Waals surface area (Å²) in [6.07, 6.45) is 0.668. The SMILES string of the molecule is CC(C)CC(CBr)NC(=O)c1c(F)cc(F)cc1F. The number of alkyl halides is 1. The first-order chi connectivity index (χ1) is 8.85. The van der Waals surface area contributed by atoms with E-state index in [0.717, 1.165) is 0 Å². The van der Waals surface area contributed by atoms with E-state index in [4.69, 9.17) is 0 Å². The minimum absolute atomic E-state index is 0.239. The summed E-state index contributed by atoms with van der Waals surface area (Å²) >= 11 is 3.23. The molecule has 0 saturated heterocycles. The molecule has 0 aliphatic carbocycles. The zero-order valence-electron chi connectivity index (χ0n) is 10.6. The van der Waals surface area contributed by atoms with Gasteiger partial charge in [-0.15, -0.1) is 0 Å². The average molecular weight is 338 g/mol. The van der Waals surface area contributed by atoms with E-state index in [2.05, 4.69) is 21.2 Å². The van der Waals surface area contributed by atoms with Crippen LogP contribution in [0, 0.1) is 23.4 Å². The summed E-state index contributed by atoms with van der Waals surface area (Å²) in [5, 5.41) is 3.00. The molecule has 0 saturated carbocycles. The van der Waals surface area contributed by atoms with Gasteiger partial charge in [0.2, 0.25) is 0 Å². The van der Waals surface area contributed by atoms with Crippen molar-refractivity contribution in [2.75, 3.05) is 5.33 Å². The molecule has 0 aliphatic heterocycles. The highest BCUT2D eigenvalue weighted by molar-refractivity contribution is 9.09. The molecule has 0 aromatic heterocycles. The van der Waals surface area contributed by atoms with Crippen LogP contribution >= 0.6 is 15.9 Å². The molecule has 2 nitrogen and oxygen atoms in total. The second kappa shape index (κ2) is 6.93. The maximum atomic E-state index is 13.4. The molecule has 106 valence electrons. The van der Waals surface area contributed by atoms with Crippen LogP contribution in [-0.2, 0) is 0 Å². The Hall–Kier alpha value is -1.04. The van der Waals surface area contributed by atoms with E-state index < -0.39 is 28.9 Å². The average Bonchev–Trinajstić information content (AvgIpc) is 2.25. The van der Waals surface area contributed by atoms with Crippen LogP contribution in [0.3, 0.4) is 0 Å². The third-order valence-electron chi connectivity index (χ3n) is 2.51. The van der Waals surface area contributed by atoms with Crippen molar-refractivity contribution in [3.8, 4) is 0 Å². The highest BCUT2D eigenvalue weighted by atomic mass is 79.9. The van der Waals surface area contributed by atoms with Crippen LogP contribution in [0.4, 0.5) is 13.2 Å². The van der Waals surface area contributed by atoms with Crippen LogP contribution in [-0.4, -0.2) is 17.3 Å². The van der Waals surface area contributed by atoms with Crippen LogP contribution in [0.2, 0.25) is 0 Å². The molecule has 0 fully saturated rings. The van der Waals surface area contributed by atoms with E-state index in [1.165, 1.54) is 0 Å². The van der Waals surface area contributed by atoms with Crippen molar-refractivity contribution >= 4 is 21.8 Å². The third-order valence-corrected chi connectivity index (χ3v) is 3.29. The van der Waals surface area contributed by atoms with Gasteiger partial charge in [0.15, 0.2) is 0 Å². The molecule has 1 N–H and O–H groups in total. The smallest absolute Gasteiger partial charge is 0.257 e. The Labute approximate surface area is 118 Å². The Morgan fingerprint density at radius 2 is 1.79 bits per heavy atom. The molecule has 1 atom stereocenters. The van der Waals surface area contributed by atoms with Crippen molar-refractivity contribution in [1.82, 2.24) is 5.32 Å². The van der Waals surface area contributed by atoms with Crippen molar-refractivity contribution in [1.29, 1.82) is 0 Å². The molecule has 0 aliphatic rings. The maximum absolute atomic E-state index is 13.4. The Bertz CT molecular complexity index is 442. The normalized spacial score (nSPS) is 12.6. The maximum Gasteiger partial charge on any atom is 0.257 e. The summed E-state index contributed by atoms with van der Waals surface area (Å²) in [5.41, 5.74) is -0.754. The van der Waals surface area contributed by atoms with Gasteiger partial charge >= 0.3 is 0 Å². The molecule has 19 heavy (non-hydrogen) atoms. The van der Waals surface area contributed by atoms with E-state index in [-0.39, 0.29) is 6.04 Å². The van der Waals surface area contributed by atoms with Gasteiger partial charge in [-0.1, -0.05) is 29.8 Å². The lowest BCUT2D eigenvalue weighted by Crippen LogP contribution is -2.38. The first kappa shape index (κ1) is 16.0. The first-order valence-electron chi connectivity index (χ1n) is 5.86. The molecule has 1 amide bonds. The highest BCUT2D eigenvalue weighted by Crippen LogP contribution is 2.16. The molecule has 1 aromatic carbocycles. The van der Waals surface area contributed by atoms with E-state index >= 15 is 0 Å². The lowest BCUT2D eigenvalue weighted by Gasteiger charge is -2.18. The van der Waals surface area contributed by atoms with Gasteiger partial charge in [-0.25, -0.2) is 13.2 Å². The number of nitrogens with one attached hydrogen (secondary N) is 1. The molecule has 0 spiro atoms. The molecule has 0 heterocycles. The largest absolute Gasteiger partial charge is 0.348 e. The van der Waals surface area contributed by atoms with Gasteiger partial charge in [-0.2, -0.15) is 0 Å². The van der Waals surface area contributed by atoms with Crippen LogP contribution in [0.5, 0.6) is 0 Å². The van der Waals surface area contributed by atoms with Crippen LogP contribution in [0.15, 0.2) is 12.1 Å². The predicted octanol–water partition coefficient (Wildman–Crippen LogP) is 3.64. The molecule has 0 radical (unpaired) electrons. The number of hydrogen-bond donors (Lipinski definition) is 1. The van der Waals surface area contributed by atoms with Gasteiger partial charge in [0.25, 0.3) is 5.91 Å². The number of carbonyl (C=O) groups is 1. The zero-order chi connectivity index (χ0) is 14.6. The third kappa shape index (κ3) is 4.53. The van der Waals surface area contributed by atoms with E-state index in [1.807, 2.05) is 13.8 Å². The van der Waals surface area contributed by atoms with Crippen molar-refractivity contribution in [3.63, 3.8) is 0 Å². The number of hydrogen-bond acceptors (Lipinski definition) is 1. The number of amides is 1. The predicted molar refractivity (Wildman–Crippen MR) is 70.8 cm³/mol. The summed E-state index contributed by atoms with van der Waals surface area (Å²) in [6.45, 7) is 3.95. The first-order valence-corrected chi connectivity index (χ1v) is 6.98. The fourth-order valence-corrected chi connectivity index (χ4v) is 2.17. The van der Waals surface area contributed by atoms with Crippen molar-refractivity contribution in [2.45, 2.75) is 26.3 Å². The fourth-order valence-electron chi connectivity index (χ4n) is 1.75. The minimum atomic E-state index is -1.20. The second-order valence-corrected chi connectivity index (χ2v) is 5.35. The summed E-state index contributed by atoms with van der Waals surface area (Å²) in [6, 6.07) is 0.740. The fraction of sp³-hybridized carbons (Fsp3) is 0.462. The van der Waals surface area contributed by atoms with Gasteiger partial charge in [0, 0.05) is 23.5 Å². The Kier molecular flexibility index (Phi) is 5.85. The van der Waals surface area contributed by atoms with E-state index in [0.29, 0.717) is 29.8 Å². The van der Waals surface area contributed by atoms with Crippen molar-refractivity contribution < 1.29 is 18.0 Å². The summed E-state index contributed by atoms with van der Waals surface area (Å²) in [4.78, 5) is 11.8. The van der Waals surface area contributed by atoms with Crippen molar-refractivity contribution in [2.24, 2.45) is 5.92 Å². The van der Waals surface area contributed by atoms with Crippen molar-refractivity contribution in [3.05, 3.63) is 35.1 Å². The molecule has 1 aromatic rings. The topological polar surface area (TPSA) is 29.1 Å². The Balaban J connectivity index is 2.89. The molecule has 1 rings (SSSR count). The number of benzene rings is 1. The Morgan fingerprint density at radius 1 is 1.26 bits per heavy atom. The standard InChI is InChI=1S/C13H15BrF3NO/c1-7(2)3-9(6-14)18-13(19)12-10(16)4-8(15)5-11(12)17/h4-5,7,9H,3,6H2,1-2H3,(H,18,19). The zero-order valence-corrected chi connectivity index (χ0v) is 12.2. The monoisotopic (exact) mass is 337 g/mol. The summed E-state index contributed by atoms with van der Waals surface area (Å²) in [7, 11) is 0. The van der Waals surface area contributed by atoms with Crippen LogP contribution in [0.25, 0.3) is 0 Å². The van der Waals surface area contributed by atoms with Gasteiger partial charge < -0.3 is 5.32 Å². The van der Waals surface area contributed by atoms with E-state index in [1.54, 1.807) is 0 Å². The lowest BCUT2D eigenvalue weighted by molar-refractivity contribution is 0.0928. The van der Waals surface area contributed by atoms with E-state index in [9.17, 15) is 18.0 Å². The van der Waals surface area contributed by atoms with Crippen LogP contribution in [0.1, 0.15) is 30.6 Å². The van der Waals surface area contributed by atoms with Crippen LogP contribution < -0.4 is 5.32 Å². The Morgan fingerprint density at radius 3 is 2.21 bits per heavy atom. The summed E-state index contributed by atoms with van der Waals surface area (Å²) in [5.74, 6) is -4.00. The molecule has 6 heteroatoms. The lowest BCUT2D eigenvalue weighted by atomic mass is 10.0. The number of carbonyl (C=O) groups excluding carboxylic acids is 1. The second-order valence-electron chi connectivity index (χ2n) is 4.70. The minimum Gasteiger partial charge on any atom is -0.348 e. The van der Waals surface area contributed by atoms with Gasteiger partial charge in [0.05, 0.1) is 0 Å². The number of halogens is 4. The van der Waals surface area contributed by atoms with Gasteiger partial charge in [-0.3, -0.25) is 4.79 Å². The molecular formula is C13H15BrF3NO.